The minimum Gasteiger partial charge on any atom is -0.377 e. The summed E-state index contributed by atoms with van der Waals surface area (Å²) in [7, 11) is 0. The van der Waals surface area contributed by atoms with Crippen LogP contribution in [0.1, 0.15) is 29.8 Å². The van der Waals surface area contributed by atoms with Gasteiger partial charge in [0.25, 0.3) is 5.91 Å². The monoisotopic (exact) mass is 337 g/mol. The molecule has 6 heteroatoms. The third kappa shape index (κ3) is 2.49. The maximum atomic E-state index is 12.8. The van der Waals surface area contributed by atoms with E-state index in [0.717, 1.165) is 11.3 Å². The topological polar surface area (TPSA) is 71.5 Å². The van der Waals surface area contributed by atoms with Crippen molar-refractivity contribution in [3.63, 3.8) is 0 Å². The normalized spacial score (nSPS) is 18.6. The van der Waals surface area contributed by atoms with Crippen LogP contribution in [0.15, 0.2) is 42.7 Å². The lowest BCUT2D eigenvalue weighted by molar-refractivity contribution is -0.124. The first-order valence-electron chi connectivity index (χ1n) is 8.26. The van der Waals surface area contributed by atoms with Gasteiger partial charge in [0.2, 0.25) is 5.91 Å². The van der Waals surface area contributed by atoms with Crippen LogP contribution in [-0.4, -0.2) is 36.1 Å². The number of fused-ring (bicyclic) bond motifs is 1. The van der Waals surface area contributed by atoms with Gasteiger partial charge in [-0.05, 0) is 43.7 Å². The van der Waals surface area contributed by atoms with Crippen LogP contribution in [0, 0.1) is 0 Å². The molecular formula is C19H19N3O3. The molecule has 1 saturated heterocycles. The Morgan fingerprint density at radius 2 is 2.12 bits per heavy atom. The van der Waals surface area contributed by atoms with Crippen molar-refractivity contribution in [3.05, 3.63) is 53.9 Å². The van der Waals surface area contributed by atoms with Gasteiger partial charge in [-0.3, -0.25) is 14.6 Å². The van der Waals surface area contributed by atoms with Crippen LogP contribution < -0.4 is 10.2 Å². The summed E-state index contributed by atoms with van der Waals surface area (Å²) in [6, 6.07) is 9.12. The van der Waals surface area contributed by atoms with Crippen molar-refractivity contribution in [3.8, 4) is 0 Å². The Morgan fingerprint density at radius 1 is 1.32 bits per heavy atom. The molecule has 3 heterocycles. The summed E-state index contributed by atoms with van der Waals surface area (Å²) >= 11 is 0. The number of rotatable bonds is 3. The Labute approximate surface area is 145 Å². The molecule has 2 aliphatic heterocycles. The number of hydrogen-bond donors (Lipinski definition) is 1. The van der Waals surface area contributed by atoms with Crippen molar-refractivity contribution >= 4 is 23.2 Å². The second-order valence-electron chi connectivity index (χ2n) is 6.92. The predicted molar refractivity (Wildman–Crippen MR) is 93.8 cm³/mol. The molecule has 2 amide bonds. The van der Waals surface area contributed by atoms with Gasteiger partial charge in [0.15, 0.2) is 0 Å². The number of nitrogens with one attached hydrogen (secondary N) is 1. The number of carbonyl (C=O) groups is 2. The zero-order chi connectivity index (χ0) is 17.6. The first-order valence-corrected chi connectivity index (χ1v) is 8.26. The molecule has 128 valence electrons. The highest BCUT2D eigenvalue weighted by atomic mass is 16.5. The lowest BCUT2D eigenvalue weighted by Crippen LogP contribution is -2.52. The van der Waals surface area contributed by atoms with Crippen molar-refractivity contribution < 1.29 is 14.3 Å². The van der Waals surface area contributed by atoms with Crippen LogP contribution in [0.5, 0.6) is 0 Å². The second-order valence-corrected chi connectivity index (χ2v) is 6.92. The summed E-state index contributed by atoms with van der Waals surface area (Å²) in [6.07, 6.45) is 3.14. The Kier molecular flexibility index (Phi) is 3.58. The van der Waals surface area contributed by atoms with Gasteiger partial charge in [-0.2, -0.15) is 0 Å². The molecule has 2 aromatic rings. The van der Waals surface area contributed by atoms with Gasteiger partial charge in [-0.15, -0.1) is 0 Å². The quantitative estimate of drug-likeness (QED) is 0.933. The van der Waals surface area contributed by atoms with Crippen LogP contribution in [0.2, 0.25) is 0 Å². The Bertz CT molecular complexity index is 844. The van der Waals surface area contributed by atoms with Crippen LogP contribution >= 0.6 is 0 Å². The lowest BCUT2D eigenvalue weighted by atomic mass is 9.86. The molecule has 0 bridgehead atoms. The smallest absolute Gasteiger partial charge is 0.257 e. The summed E-state index contributed by atoms with van der Waals surface area (Å²) in [4.78, 5) is 31.0. The highest BCUT2D eigenvalue weighted by Gasteiger charge is 2.48. The number of pyridine rings is 1. The molecule has 0 unspecified atom stereocenters. The van der Waals surface area contributed by atoms with Crippen molar-refractivity contribution in [1.82, 2.24) is 4.98 Å². The number of ether oxygens (including phenoxy) is 1. The molecule has 1 aromatic heterocycles. The minimum atomic E-state index is -0.573. The molecule has 0 spiro atoms. The average molecular weight is 337 g/mol. The first-order chi connectivity index (χ1) is 12.0. The van der Waals surface area contributed by atoms with Crippen LogP contribution in [0.4, 0.5) is 11.4 Å². The number of amides is 2. The SMILES string of the molecule is CC1(C)C(=O)N(C2COC2)c2cc(NC(=O)c3cccnc3)ccc21. The maximum absolute atomic E-state index is 12.8. The maximum Gasteiger partial charge on any atom is 0.257 e. The third-order valence-corrected chi connectivity index (χ3v) is 4.85. The standard InChI is InChI=1S/C19H19N3O3/c1-19(2)15-6-5-13(21-17(23)12-4-3-7-20-9-12)8-16(15)22(18(19)24)14-10-25-11-14/h3-9,14H,10-11H2,1-2H3,(H,21,23). The Hall–Kier alpha value is -2.73. The molecule has 1 N–H and O–H groups in total. The van der Waals surface area contributed by atoms with Crippen molar-refractivity contribution in [1.29, 1.82) is 0 Å². The number of benzene rings is 1. The molecule has 2 aliphatic rings. The van der Waals surface area contributed by atoms with Crippen LogP contribution in [-0.2, 0) is 14.9 Å². The van der Waals surface area contributed by atoms with Crippen LogP contribution in [0.25, 0.3) is 0 Å². The summed E-state index contributed by atoms with van der Waals surface area (Å²) in [6.45, 7) is 4.96. The molecule has 0 aliphatic carbocycles. The van der Waals surface area contributed by atoms with E-state index in [9.17, 15) is 9.59 Å². The predicted octanol–water partition coefficient (Wildman–Crippen LogP) is 2.36. The summed E-state index contributed by atoms with van der Waals surface area (Å²) in [5.41, 5.74) is 2.40. The number of nitrogens with zero attached hydrogens (tertiary/aromatic N) is 2. The first kappa shape index (κ1) is 15.8. The van der Waals surface area contributed by atoms with E-state index in [1.165, 1.54) is 6.20 Å². The van der Waals surface area contributed by atoms with Gasteiger partial charge in [0, 0.05) is 18.1 Å². The number of carbonyl (C=O) groups excluding carboxylic acids is 2. The van der Waals surface area contributed by atoms with E-state index in [0.29, 0.717) is 24.5 Å². The Balaban J connectivity index is 1.66. The van der Waals surface area contributed by atoms with Crippen molar-refractivity contribution in [2.75, 3.05) is 23.4 Å². The fourth-order valence-electron chi connectivity index (χ4n) is 3.30. The van der Waals surface area contributed by atoms with Gasteiger partial charge in [-0.1, -0.05) is 6.07 Å². The molecule has 6 nitrogen and oxygen atoms in total. The third-order valence-electron chi connectivity index (χ3n) is 4.85. The minimum absolute atomic E-state index is 0.0669. The summed E-state index contributed by atoms with van der Waals surface area (Å²) < 4.78 is 5.26. The lowest BCUT2D eigenvalue weighted by Gasteiger charge is -2.35. The zero-order valence-corrected chi connectivity index (χ0v) is 14.2. The van der Waals surface area contributed by atoms with E-state index in [1.807, 2.05) is 36.9 Å². The summed E-state index contributed by atoms with van der Waals surface area (Å²) in [5.74, 6) is -0.151. The molecule has 1 fully saturated rings. The van der Waals surface area contributed by atoms with E-state index in [1.54, 1.807) is 18.3 Å². The highest BCUT2D eigenvalue weighted by molar-refractivity contribution is 6.09. The molecule has 1 aromatic carbocycles. The number of aromatic nitrogens is 1. The molecule has 0 saturated carbocycles. The number of anilines is 2. The van der Waals surface area contributed by atoms with E-state index in [-0.39, 0.29) is 17.9 Å². The largest absolute Gasteiger partial charge is 0.377 e. The fourth-order valence-corrected chi connectivity index (χ4v) is 3.30. The van der Waals surface area contributed by atoms with Crippen molar-refractivity contribution in [2.24, 2.45) is 0 Å². The molecule has 0 atom stereocenters. The average Bonchev–Trinajstić information content (AvgIpc) is 2.75. The van der Waals surface area contributed by atoms with Gasteiger partial charge >= 0.3 is 0 Å². The number of hydrogen-bond acceptors (Lipinski definition) is 4. The van der Waals surface area contributed by atoms with Crippen molar-refractivity contribution in [2.45, 2.75) is 25.3 Å². The van der Waals surface area contributed by atoms with E-state index >= 15 is 0 Å². The Morgan fingerprint density at radius 3 is 2.76 bits per heavy atom. The van der Waals surface area contributed by atoms with E-state index in [2.05, 4.69) is 10.3 Å². The molecule has 25 heavy (non-hydrogen) atoms. The van der Waals surface area contributed by atoms with E-state index in [4.69, 9.17) is 4.74 Å². The second kappa shape index (κ2) is 5.67. The van der Waals surface area contributed by atoms with E-state index < -0.39 is 5.41 Å². The highest BCUT2D eigenvalue weighted by Crippen LogP contribution is 2.44. The summed E-state index contributed by atoms with van der Waals surface area (Å²) in [5, 5.41) is 2.88. The molecule has 4 rings (SSSR count). The zero-order valence-electron chi connectivity index (χ0n) is 14.2. The van der Waals surface area contributed by atoms with Gasteiger partial charge in [-0.25, -0.2) is 0 Å². The van der Waals surface area contributed by atoms with Crippen LogP contribution in [0.3, 0.4) is 0 Å². The van der Waals surface area contributed by atoms with Gasteiger partial charge in [0.1, 0.15) is 0 Å². The van der Waals surface area contributed by atoms with Gasteiger partial charge < -0.3 is 15.0 Å². The molecule has 0 radical (unpaired) electrons. The van der Waals surface area contributed by atoms with Gasteiger partial charge in [0.05, 0.1) is 35.9 Å². The molecular weight excluding hydrogens is 318 g/mol. The fraction of sp³-hybridized carbons (Fsp3) is 0.316.